The van der Waals surface area contributed by atoms with Crippen molar-refractivity contribution in [1.29, 1.82) is 0 Å². The Morgan fingerprint density at radius 1 is 0.973 bits per heavy atom. The van der Waals surface area contributed by atoms with Gasteiger partial charge in [-0.2, -0.15) is 0 Å². The zero-order valence-corrected chi connectivity index (χ0v) is 23.7. The van der Waals surface area contributed by atoms with E-state index >= 15 is 0 Å². The van der Waals surface area contributed by atoms with Gasteiger partial charge in [-0.05, 0) is 65.8 Å². The van der Waals surface area contributed by atoms with Crippen molar-refractivity contribution in [2.24, 2.45) is 0 Å². The molecule has 0 aliphatic carbocycles. The number of aliphatic hydroxyl groups excluding tert-OH is 1. The van der Waals surface area contributed by atoms with Gasteiger partial charge in [0.1, 0.15) is 23.3 Å². The zero-order chi connectivity index (χ0) is 27.5. The van der Waals surface area contributed by atoms with E-state index in [0.29, 0.717) is 49.2 Å². The molecule has 1 aromatic carbocycles. The average molecular weight is 537 g/mol. The second kappa shape index (κ2) is 11.9. The molecule has 0 amide bonds. The summed E-state index contributed by atoms with van der Waals surface area (Å²) < 4.78 is 25.6. The molecule has 10 nitrogen and oxygen atoms in total. The van der Waals surface area contributed by atoms with Crippen molar-refractivity contribution in [1.82, 2.24) is 14.0 Å². The molecule has 0 bridgehead atoms. The molecule has 2 heterocycles. The van der Waals surface area contributed by atoms with Crippen molar-refractivity contribution in [2.45, 2.75) is 70.2 Å². The lowest BCUT2D eigenvalue weighted by Crippen LogP contribution is -2.54. The van der Waals surface area contributed by atoms with E-state index in [1.165, 1.54) is 11.7 Å². The Bertz CT molecular complexity index is 1200. The maximum absolute atomic E-state index is 13.1. The molecule has 37 heavy (non-hydrogen) atoms. The second-order valence-corrected chi connectivity index (χ2v) is 11.7. The first-order valence-corrected chi connectivity index (χ1v) is 13.7. The first-order valence-electron chi connectivity index (χ1n) is 12.6. The van der Waals surface area contributed by atoms with Gasteiger partial charge in [0.05, 0.1) is 12.0 Å². The van der Waals surface area contributed by atoms with Crippen molar-refractivity contribution in [3.05, 3.63) is 51.2 Å². The summed E-state index contributed by atoms with van der Waals surface area (Å²) in [5, 5.41) is 11.0. The molecular formula is C26H40N4O6S. The summed E-state index contributed by atoms with van der Waals surface area (Å²) in [4.78, 5) is 30.6. The Kier molecular flexibility index (Phi) is 9.38. The molecule has 1 aliphatic rings. The number of aromatic nitrogens is 2. The molecule has 206 valence electrons. The van der Waals surface area contributed by atoms with Gasteiger partial charge in [0.25, 0.3) is 5.56 Å². The number of nitrogens with zero attached hydrogens (tertiary/aromatic N) is 4. The van der Waals surface area contributed by atoms with E-state index in [2.05, 4.69) is 9.80 Å². The number of benzene rings is 1. The fourth-order valence-corrected chi connectivity index (χ4v) is 5.02. The number of hydrogen-bond donors (Lipinski definition) is 1. The molecule has 11 heteroatoms. The van der Waals surface area contributed by atoms with Crippen LogP contribution in [0.1, 0.15) is 53.6 Å². The predicted molar refractivity (Wildman–Crippen MR) is 145 cm³/mol. The lowest BCUT2D eigenvalue weighted by atomic mass is 10.0. The molecule has 1 fully saturated rings. The van der Waals surface area contributed by atoms with E-state index in [0.717, 1.165) is 0 Å². The third-order valence-corrected chi connectivity index (χ3v) is 7.62. The maximum atomic E-state index is 13.1. The fraction of sp³-hybridized carbons (Fsp3) is 0.615. The minimum Gasteiger partial charge on any atom is -0.485 e. The number of rotatable bonds is 10. The summed E-state index contributed by atoms with van der Waals surface area (Å²) in [6, 6.07) is 8.03. The van der Waals surface area contributed by atoms with Crippen LogP contribution in [0, 0.1) is 0 Å². The fourth-order valence-electron chi connectivity index (χ4n) is 4.47. The van der Waals surface area contributed by atoms with Crippen LogP contribution in [0.5, 0.6) is 5.75 Å². The van der Waals surface area contributed by atoms with Gasteiger partial charge in [-0.15, -0.1) is 0 Å². The first-order chi connectivity index (χ1) is 17.4. The smallest absolute Gasteiger partial charge is 0.333 e. The summed E-state index contributed by atoms with van der Waals surface area (Å²) in [6.07, 6.45) is -0.768. The Balaban J connectivity index is 1.65. The summed E-state index contributed by atoms with van der Waals surface area (Å²) >= 11 is -1.52. The van der Waals surface area contributed by atoms with Crippen molar-refractivity contribution >= 4 is 16.9 Å². The quantitative estimate of drug-likeness (QED) is 0.493. The van der Waals surface area contributed by atoms with Gasteiger partial charge in [-0.1, -0.05) is 0 Å². The van der Waals surface area contributed by atoms with Gasteiger partial charge in [-0.25, -0.2) is 9.00 Å². The number of piperazine rings is 1. The van der Waals surface area contributed by atoms with Gasteiger partial charge in [0.2, 0.25) is 0 Å². The lowest BCUT2D eigenvalue weighted by Gasteiger charge is -2.40. The molecule has 2 atom stereocenters. The predicted octanol–water partition coefficient (Wildman–Crippen LogP) is 2.18. The van der Waals surface area contributed by atoms with Gasteiger partial charge in [-0.3, -0.25) is 23.0 Å². The SMILES string of the molecule is COS(=O)c1ccc(OC(C)(C)C(O)CN2CCN(c3cc(=O)n(C(C)C)c(=O)n3C(C)C)CC2)cc1. The number of aliphatic hydroxyl groups is 1. The highest BCUT2D eigenvalue weighted by Gasteiger charge is 2.33. The Morgan fingerprint density at radius 3 is 2.05 bits per heavy atom. The third kappa shape index (κ3) is 6.70. The molecule has 1 saturated heterocycles. The number of hydrogen-bond acceptors (Lipinski definition) is 8. The van der Waals surface area contributed by atoms with Crippen LogP contribution in [0.15, 0.2) is 44.8 Å². The van der Waals surface area contributed by atoms with E-state index in [1.54, 1.807) is 34.9 Å². The zero-order valence-electron chi connectivity index (χ0n) is 22.8. The van der Waals surface area contributed by atoms with Crippen molar-refractivity contribution in [2.75, 3.05) is 44.7 Å². The second-order valence-electron chi connectivity index (χ2n) is 10.4. The van der Waals surface area contributed by atoms with E-state index < -0.39 is 22.8 Å². The van der Waals surface area contributed by atoms with Gasteiger partial charge in [0, 0.05) is 50.9 Å². The van der Waals surface area contributed by atoms with Crippen LogP contribution in [0.3, 0.4) is 0 Å². The van der Waals surface area contributed by atoms with Crippen molar-refractivity contribution < 1.29 is 18.2 Å². The normalized spacial score (nSPS) is 16.9. The molecule has 0 spiro atoms. The Labute approximate surface area is 221 Å². The molecule has 0 radical (unpaired) electrons. The van der Waals surface area contributed by atoms with E-state index in [9.17, 15) is 18.9 Å². The van der Waals surface area contributed by atoms with Crippen LogP contribution >= 0.6 is 0 Å². The van der Waals surface area contributed by atoms with Gasteiger partial charge >= 0.3 is 5.69 Å². The Morgan fingerprint density at radius 2 is 1.54 bits per heavy atom. The van der Waals surface area contributed by atoms with Crippen molar-refractivity contribution in [3.8, 4) is 5.75 Å². The van der Waals surface area contributed by atoms with Crippen molar-refractivity contribution in [3.63, 3.8) is 0 Å². The monoisotopic (exact) mass is 536 g/mol. The minimum atomic E-state index is -1.52. The maximum Gasteiger partial charge on any atom is 0.333 e. The van der Waals surface area contributed by atoms with E-state index in [1.807, 2.05) is 41.5 Å². The molecule has 2 aromatic rings. The van der Waals surface area contributed by atoms with Crippen LogP contribution in [0.2, 0.25) is 0 Å². The van der Waals surface area contributed by atoms with E-state index in [-0.39, 0.29) is 23.3 Å². The summed E-state index contributed by atoms with van der Waals surface area (Å²) in [5.74, 6) is 1.21. The lowest BCUT2D eigenvalue weighted by molar-refractivity contribution is -0.0450. The summed E-state index contributed by atoms with van der Waals surface area (Å²) in [5.41, 5.74) is -1.44. The standard InChI is InChI=1S/C26H40N4O6S/c1-18(2)29-23(16-24(32)30(19(3)4)25(29)33)28-14-12-27(13-15-28)17-22(31)26(5,6)36-20-8-10-21(11-9-20)37(34)35-7/h8-11,16,18-19,22,31H,12-15,17H2,1-7H3. The minimum absolute atomic E-state index is 0.0885. The average Bonchev–Trinajstić information content (AvgIpc) is 2.83. The van der Waals surface area contributed by atoms with Gasteiger partial charge < -0.3 is 14.7 Å². The molecule has 1 aliphatic heterocycles. The topological polar surface area (TPSA) is 106 Å². The highest BCUT2D eigenvalue weighted by Crippen LogP contribution is 2.24. The molecule has 1 aromatic heterocycles. The largest absolute Gasteiger partial charge is 0.485 e. The number of β-amino-alcohol motifs (C(OH)–C–C–N with tert-alkyl or cyclic N) is 1. The van der Waals surface area contributed by atoms with Crippen LogP contribution in [0.4, 0.5) is 5.82 Å². The molecule has 2 unspecified atom stereocenters. The Hall–Kier alpha value is -2.47. The first kappa shape index (κ1) is 29.1. The van der Waals surface area contributed by atoms with Crippen LogP contribution in [-0.4, -0.2) is 74.9 Å². The van der Waals surface area contributed by atoms with Crippen LogP contribution < -0.4 is 20.9 Å². The molecule has 1 N–H and O–H groups in total. The highest BCUT2D eigenvalue weighted by atomic mass is 32.2. The van der Waals surface area contributed by atoms with Crippen LogP contribution in [-0.2, 0) is 15.3 Å². The molecular weight excluding hydrogens is 496 g/mol. The van der Waals surface area contributed by atoms with Gasteiger partial charge in [0.15, 0.2) is 11.1 Å². The highest BCUT2D eigenvalue weighted by molar-refractivity contribution is 7.80. The molecule has 3 rings (SSSR count). The summed E-state index contributed by atoms with van der Waals surface area (Å²) in [6.45, 7) is 14.2. The number of ether oxygens (including phenoxy) is 1. The number of anilines is 1. The van der Waals surface area contributed by atoms with E-state index in [4.69, 9.17) is 8.92 Å². The van der Waals surface area contributed by atoms with Crippen LogP contribution in [0.25, 0.3) is 0 Å². The third-order valence-electron chi connectivity index (χ3n) is 6.66. The summed E-state index contributed by atoms with van der Waals surface area (Å²) in [7, 11) is 1.38. The molecule has 0 saturated carbocycles.